The smallest absolute Gasteiger partial charge is 0.449 e. The van der Waals surface area contributed by atoms with Crippen molar-refractivity contribution in [3.8, 4) is 23.1 Å². The Labute approximate surface area is 207 Å². The topological polar surface area (TPSA) is 115 Å². The van der Waals surface area contributed by atoms with E-state index in [4.69, 9.17) is 10.00 Å². The van der Waals surface area contributed by atoms with E-state index in [0.717, 1.165) is 19.9 Å². The Morgan fingerprint density at radius 1 is 1.08 bits per heavy atom. The Hall–Kier alpha value is -4.47. The number of nitriles is 1. The molecule has 0 unspecified atom stereocenters. The van der Waals surface area contributed by atoms with Gasteiger partial charge in [-0.15, -0.1) is 0 Å². The Morgan fingerprint density at radius 3 is 2.46 bits per heavy atom. The highest BCUT2D eigenvalue weighted by Gasteiger charge is 2.38. The minimum absolute atomic E-state index is 0.0720. The van der Waals surface area contributed by atoms with Crippen molar-refractivity contribution in [3.63, 3.8) is 0 Å². The van der Waals surface area contributed by atoms with Gasteiger partial charge < -0.3 is 9.64 Å². The number of nitrogens with zero attached hydrogens (tertiary/aromatic N) is 8. The minimum atomic E-state index is -4.85. The van der Waals surface area contributed by atoms with Crippen LogP contribution in [-0.2, 0) is 13.2 Å². The molecule has 3 aromatic heterocycles. The molecule has 0 amide bonds. The quantitative estimate of drug-likeness (QED) is 0.404. The number of fused-ring (bicyclic) bond motifs is 1. The first kappa shape index (κ1) is 23.0. The third kappa shape index (κ3) is 4.14. The predicted molar refractivity (Wildman–Crippen MR) is 125 cm³/mol. The molecule has 1 saturated carbocycles. The van der Waals surface area contributed by atoms with Gasteiger partial charge in [-0.3, -0.25) is 14.0 Å². The lowest BCUT2D eigenvalue weighted by Gasteiger charge is -2.38. The normalized spacial score (nSPS) is 16.0. The van der Waals surface area contributed by atoms with Crippen molar-refractivity contribution in [2.24, 2.45) is 7.05 Å². The number of benzene rings is 1. The summed E-state index contributed by atoms with van der Waals surface area (Å²) in [4.78, 5) is 27.3. The summed E-state index contributed by atoms with van der Waals surface area (Å²) in [7, 11) is 1.01. The van der Waals surface area contributed by atoms with Crippen LogP contribution in [0.2, 0.25) is 0 Å². The van der Waals surface area contributed by atoms with Crippen molar-refractivity contribution in [3.05, 3.63) is 58.4 Å². The summed E-state index contributed by atoms with van der Waals surface area (Å²) >= 11 is 0. The van der Waals surface area contributed by atoms with Crippen LogP contribution in [0.1, 0.15) is 30.3 Å². The van der Waals surface area contributed by atoms with Gasteiger partial charge in [-0.05, 0) is 25.0 Å². The number of anilines is 1. The molecule has 0 radical (unpaired) electrons. The van der Waals surface area contributed by atoms with Crippen LogP contribution >= 0.6 is 0 Å². The number of rotatable bonds is 5. The molecular formula is C24H19F3N8O2. The minimum Gasteiger partial charge on any atom is -0.483 e. The molecule has 1 saturated heterocycles. The summed E-state index contributed by atoms with van der Waals surface area (Å²) in [6, 6.07) is 8.57. The second-order valence-electron chi connectivity index (χ2n) is 9.09. The van der Waals surface area contributed by atoms with Gasteiger partial charge in [0, 0.05) is 12.6 Å². The lowest BCUT2D eigenvalue weighted by atomic mass is 10.1. The van der Waals surface area contributed by atoms with Gasteiger partial charge in [-0.25, -0.2) is 15.0 Å². The monoisotopic (exact) mass is 508 g/mol. The van der Waals surface area contributed by atoms with Gasteiger partial charge in [-0.1, -0.05) is 12.1 Å². The van der Waals surface area contributed by atoms with Crippen molar-refractivity contribution < 1.29 is 17.9 Å². The summed E-state index contributed by atoms with van der Waals surface area (Å²) in [6.45, 7) is 0.836. The second kappa shape index (κ2) is 8.29. The van der Waals surface area contributed by atoms with E-state index in [1.165, 1.54) is 12.1 Å². The molecule has 4 heterocycles. The van der Waals surface area contributed by atoms with E-state index in [-0.39, 0.29) is 28.8 Å². The molecule has 13 heteroatoms. The maximum Gasteiger partial charge on any atom is 0.449 e. The van der Waals surface area contributed by atoms with Crippen molar-refractivity contribution in [2.45, 2.75) is 31.2 Å². The molecule has 2 aliphatic rings. The molecule has 2 fully saturated rings. The van der Waals surface area contributed by atoms with Gasteiger partial charge in [0.2, 0.25) is 11.8 Å². The van der Waals surface area contributed by atoms with Crippen molar-refractivity contribution >= 4 is 17.0 Å². The van der Waals surface area contributed by atoms with Crippen LogP contribution in [0.25, 0.3) is 22.3 Å². The summed E-state index contributed by atoms with van der Waals surface area (Å²) in [6.07, 6.45) is 0.741. The number of halogens is 3. The largest absolute Gasteiger partial charge is 0.483 e. The molecule has 1 aliphatic carbocycles. The van der Waals surface area contributed by atoms with Gasteiger partial charge in [0.15, 0.2) is 11.3 Å². The molecule has 4 aromatic rings. The molecule has 0 bridgehead atoms. The highest BCUT2D eigenvalue weighted by Crippen LogP contribution is 2.35. The van der Waals surface area contributed by atoms with Gasteiger partial charge in [0.05, 0.1) is 43.2 Å². The average molecular weight is 508 g/mol. The molecule has 10 nitrogen and oxygen atoms in total. The SMILES string of the molecule is Cn1c(C(F)(F)F)nc2c(-c3ccc(C#N)cc3)nc(N3CC(Oc4cnn(C5CC5)c4)C3)nc2c1=O. The van der Waals surface area contributed by atoms with Crippen molar-refractivity contribution in [1.82, 2.24) is 29.3 Å². The first-order valence-corrected chi connectivity index (χ1v) is 11.5. The fraction of sp³-hybridized carbons (Fsp3) is 0.333. The van der Waals surface area contributed by atoms with Gasteiger partial charge in [0.1, 0.15) is 17.3 Å². The van der Waals surface area contributed by atoms with Crippen molar-refractivity contribution in [1.29, 1.82) is 5.26 Å². The maximum atomic E-state index is 13.6. The number of hydrogen-bond donors (Lipinski definition) is 0. The van der Waals surface area contributed by atoms with E-state index in [2.05, 4.69) is 20.1 Å². The third-order valence-corrected chi connectivity index (χ3v) is 6.39. The summed E-state index contributed by atoms with van der Waals surface area (Å²) < 4.78 is 49.1. The predicted octanol–water partition coefficient (Wildman–Crippen LogP) is 3.08. The zero-order valence-electron chi connectivity index (χ0n) is 19.5. The van der Waals surface area contributed by atoms with Crippen LogP contribution in [0.3, 0.4) is 0 Å². The lowest BCUT2D eigenvalue weighted by Crippen LogP contribution is -2.54. The van der Waals surface area contributed by atoms with E-state index >= 15 is 0 Å². The highest BCUT2D eigenvalue weighted by atomic mass is 19.4. The first-order chi connectivity index (χ1) is 17.7. The van der Waals surface area contributed by atoms with E-state index in [1.807, 2.05) is 16.9 Å². The molecule has 0 atom stereocenters. The van der Waals surface area contributed by atoms with Crippen LogP contribution in [-0.4, -0.2) is 48.5 Å². The summed E-state index contributed by atoms with van der Waals surface area (Å²) in [5.41, 5.74) is -0.573. The molecule has 0 N–H and O–H groups in total. The number of hydrogen-bond acceptors (Lipinski definition) is 8. The fourth-order valence-corrected chi connectivity index (χ4v) is 4.22. The number of ether oxygens (including phenoxy) is 1. The Kier molecular flexibility index (Phi) is 5.15. The van der Waals surface area contributed by atoms with E-state index in [0.29, 0.717) is 40.6 Å². The summed E-state index contributed by atoms with van der Waals surface area (Å²) in [5.74, 6) is -0.508. The molecule has 0 spiro atoms. The number of alkyl halides is 3. The van der Waals surface area contributed by atoms with Crippen LogP contribution in [0.5, 0.6) is 5.75 Å². The molecule has 1 aliphatic heterocycles. The first-order valence-electron chi connectivity index (χ1n) is 11.5. The molecule has 37 heavy (non-hydrogen) atoms. The van der Waals surface area contributed by atoms with E-state index < -0.39 is 17.6 Å². The van der Waals surface area contributed by atoms with Crippen molar-refractivity contribution in [2.75, 3.05) is 18.0 Å². The zero-order chi connectivity index (χ0) is 25.9. The van der Waals surface area contributed by atoms with Gasteiger partial charge in [0.25, 0.3) is 5.56 Å². The van der Waals surface area contributed by atoms with Crippen LogP contribution < -0.4 is 15.2 Å². The Bertz CT molecular complexity index is 1610. The molecular weight excluding hydrogens is 489 g/mol. The molecule has 188 valence electrons. The van der Waals surface area contributed by atoms with Crippen LogP contribution in [0, 0.1) is 11.3 Å². The number of aromatic nitrogens is 6. The highest BCUT2D eigenvalue weighted by molar-refractivity contribution is 5.89. The van der Waals surface area contributed by atoms with Crippen LogP contribution in [0.4, 0.5) is 19.1 Å². The average Bonchev–Trinajstić information content (AvgIpc) is 3.60. The maximum absolute atomic E-state index is 13.6. The standard InChI is InChI=1S/C24H19F3N8O2/c1-33-21(36)20-19(30-22(33)24(25,26)27)18(14-4-2-13(8-28)3-5-14)31-23(32-20)34-10-17(11-34)37-16-9-29-35(12-16)15-6-7-15/h2-5,9,12,15,17H,6-7,10-11H2,1H3. The molecule has 6 rings (SSSR count). The van der Waals surface area contributed by atoms with Gasteiger partial charge >= 0.3 is 6.18 Å². The Balaban J connectivity index is 1.36. The Morgan fingerprint density at radius 2 is 1.81 bits per heavy atom. The van der Waals surface area contributed by atoms with Gasteiger partial charge in [-0.2, -0.15) is 23.5 Å². The fourth-order valence-electron chi connectivity index (χ4n) is 4.22. The lowest BCUT2D eigenvalue weighted by molar-refractivity contribution is -0.147. The summed E-state index contributed by atoms with van der Waals surface area (Å²) in [5, 5.41) is 13.4. The molecule has 1 aromatic carbocycles. The van der Waals surface area contributed by atoms with E-state index in [9.17, 15) is 18.0 Å². The van der Waals surface area contributed by atoms with Crippen LogP contribution in [0.15, 0.2) is 41.5 Å². The second-order valence-corrected chi connectivity index (χ2v) is 9.09. The zero-order valence-corrected chi connectivity index (χ0v) is 19.5. The van der Waals surface area contributed by atoms with E-state index in [1.54, 1.807) is 23.2 Å². The third-order valence-electron chi connectivity index (χ3n) is 6.39.